The Morgan fingerprint density at radius 3 is 2.79 bits per heavy atom. The fraction of sp³-hybridized carbons (Fsp3) is 0.417. The molecule has 0 bridgehead atoms. The largest absolute Gasteiger partial charge is 0.349 e. The van der Waals surface area contributed by atoms with Crippen molar-refractivity contribution in [3.63, 3.8) is 0 Å². The normalized spacial score (nSPS) is 20.5. The molecule has 1 aliphatic heterocycles. The number of fused-ring (bicyclic) bond motifs is 1. The third-order valence-corrected chi connectivity index (χ3v) is 6.77. The molecule has 1 N–H and O–H groups in total. The van der Waals surface area contributed by atoms with Crippen LogP contribution in [-0.4, -0.2) is 47.8 Å². The number of nitrogens with one attached hydrogen (secondary N) is 1. The van der Waals surface area contributed by atoms with Gasteiger partial charge in [0.1, 0.15) is 16.7 Å². The minimum atomic E-state index is -0.113. The number of likely N-dealkylation sites (tertiary alicyclic amines) is 1. The van der Waals surface area contributed by atoms with Crippen LogP contribution in [0.25, 0.3) is 16.6 Å². The Balaban J connectivity index is 1.58. The van der Waals surface area contributed by atoms with E-state index in [2.05, 4.69) is 35.0 Å². The van der Waals surface area contributed by atoms with E-state index in [1.165, 1.54) is 11.6 Å². The van der Waals surface area contributed by atoms with E-state index in [4.69, 9.17) is 0 Å². The lowest BCUT2D eigenvalue weighted by Gasteiger charge is -2.33. The molecule has 4 heterocycles. The lowest BCUT2D eigenvalue weighted by Crippen LogP contribution is -2.42. The van der Waals surface area contributed by atoms with Crippen molar-refractivity contribution in [3.8, 4) is 0 Å². The first-order chi connectivity index (χ1) is 15.9. The molecule has 2 atom stereocenters. The number of carbonyl (C=O) groups excluding carboxylic acids is 1. The lowest BCUT2D eigenvalue weighted by atomic mass is 9.84. The highest BCUT2D eigenvalue weighted by Crippen LogP contribution is 2.39. The summed E-state index contributed by atoms with van der Waals surface area (Å²) in [6.45, 7) is 6.97. The molecule has 3 aromatic rings. The lowest BCUT2D eigenvalue weighted by molar-refractivity contribution is -0.127. The van der Waals surface area contributed by atoms with Crippen LogP contribution in [0.4, 0.5) is 11.4 Å². The molecule has 2 aliphatic rings. The number of anilines is 2. The minimum absolute atomic E-state index is 0.101. The van der Waals surface area contributed by atoms with Crippen LogP contribution in [0.15, 0.2) is 42.2 Å². The van der Waals surface area contributed by atoms with E-state index in [1.54, 1.807) is 25.0 Å². The van der Waals surface area contributed by atoms with Crippen molar-refractivity contribution >= 4 is 33.9 Å². The SMILES string of the molecule is C=CC(=O)N1CCCC(n2cc(Nc3cn(C)nc3C3=CCC3C)c3ncn(C)c3c2=O)C1. The maximum absolute atomic E-state index is 13.5. The average Bonchev–Trinajstić information content (AvgIpc) is 3.36. The van der Waals surface area contributed by atoms with Gasteiger partial charge in [0, 0.05) is 39.6 Å². The second-order valence-corrected chi connectivity index (χ2v) is 9.08. The first kappa shape index (κ1) is 21.2. The van der Waals surface area contributed by atoms with Crippen molar-refractivity contribution in [2.75, 3.05) is 18.4 Å². The minimum Gasteiger partial charge on any atom is -0.349 e. The highest BCUT2D eigenvalue weighted by Gasteiger charge is 2.27. The number of hydrogen-bond acceptors (Lipinski definition) is 5. The molecule has 1 amide bonds. The number of nitrogens with zero attached hydrogens (tertiary/aromatic N) is 6. The van der Waals surface area contributed by atoms with Crippen molar-refractivity contribution in [2.45, 2.75) is 32.2 Å². The summed E-state index contributed by atoms with van der Waals surface area (Å²) >= 11 is 0. The quantitative estimate of drug-likeness (QED) is 0.608. The Labute approximate surface area is 192 Å². The molecule has 1 saturated heterocycles. The molecular formula is C24H29N7O2. The Morgan fingerprint density at radius 1 is 1.27 bits per heavy atom. The number of hydrogen-bond donors (Lipinski definition) is 1. The predicted molar refractivity (Wildman–Crippen MR) is 128 cm³/mol. The van der Waals surface area contributed by atoms with Gasteiger partial charge in [-0.2, -0.15) is 5.10 Å². The number of aryl methyl sites for hydroxylation is 2. The average molecular weight is 448 g/mol. The van der Waals surface area contributed by atoms with Crippen LogP contribution in [0.1, 0.15) is 37.9 Å². The van der Waals surface area contributed by atoms with Gasteiger partial charge in [0.15, 0.2) is 0 Å². The first-order valence-electron chi connectivity index (χ1n) is 11.4. The van der Waals surface area contributed by atoms with Crippen LogP contribution in [0.3, 0.4) is 0 Å². The molecule has 0 saturated carbocycles. The van der Waals surface area contributed by atoms with Crippen LogP contribution < -0.4 is 10.9 Å². The molecule has 9 heteroatoms. The third kappa shape index (κ3) is 3.57. The fourth-order valence-corrected chi connectivity index (χ4v) is 4.87. The molecule has 33 heavy (non-hydrogen) atoms. The van der Waals surface area contributed by atoms with Crippen LogP contribution in [0.2, 0.25) is 0 Å². The van der Waals surface area contributed by atoms with Crippen LogP contribution in [0.5, 0.6) is 0 Å². The van der Waals surface area contributed by atoms with Crippen LogP contribution in [0, 0.1) is 5.92 Å². The van der Waals surface area contributed by atoms with Crippen molar-refractivity contribution in [1.29, 1.82) is 0 Å². The number of carbonyl (C=O) groups is 1. The topological polar surface area (TPSA) is 90.0 Å². The molecule has 0 aromatic carbocycles. The summed E-state index contributed by atoms with van der Waals surface area (Å²) in [6.07, 6.45) is 11.7. The molecular weight excluding hydrogens is 418 g/mol. The van der Waals surface area contributed by atoms with E-state index < -0.39 is 0 Å². The zero-order valence-corrected chi connectivity index (χ0v) is 19.3. The molecule has 9 nitrogen and oxygen atoms in total. The van der Waals surface area contributed by atoms with Crippen molar-refractivity contribution in [3.05, 3.63) is 53.5 Å². The maximum Gasteiger partial charge on any atom is 0.277 e. The molecule has 5 rings (SSSR count). The maximum atomic E-state index is 13.5. The van der Waals surface area contributed by atoms with Gasteiger partial charge in [-0.05, 0) is 36.8 Å². The fourth-order valence-electron chi connectivity index (χ4n) is 4.87. The zero-order valence-electron chi connectivity index (χ0n) is 19.3. The molecule has 1 aliphatic carbocycles. The van der Waals surface area contributed by atoms with Crippen LogP contribution >= 0.6 is 0 Å². The number of aromatic nitrogens is 5. The number of rotatable bonds is 5. The molecule has 172 valence electrons. The number of imidazole rings is 1. The van der Waals surface area contributed by atoms with E-state index in [0.717, 1.165) is 36.3 Å². The summed E-state index contributed by atoms with van der Waals surface area (Å²) in [7, 11) is 3.73. The Hall–Kier alpha value is -3.62. The van der Waals surface area contributed by atoms with E-state index >= 15 is 0 Å². The van der Waals surface area contributed by atoms with E-state index in [9.17, 15) is 9.59 Å². The second-order valence-electron chi connectivity index (χ2n) is 9.08. The van der Waals surface area contributed by atoms with Gasteiger partial charge in [-0.15, -0.1) is 0 Å². The molecule has 2 unspecified atom stereocenters. The summed E-state index contributed by atoms with van der Waals surface area (Å²) in [5.74, 6) is 0.371. The highest BCUT2D eigenvalue weighted by atomic mass is 16.2. The summed E-state index contributed by atoms with van der Waals surface area (Å²) in [4.78, 5) is 31.9. The van der Waals surface area contributed by atoms with Gasteiger partial charge < -0.3 is 19.4 Å². The van der Waals surface area contributed by atoms with Gasteiger partial charge in [-0.25, -0.2) is 4.98 Å². The predicted octanol–water partition coefficient (Wildman–Crippen LogP) is 2.98. The molecule has 1 fully saturated rings. The van der Waals surface area contributed by atoms with Gasteiger partial charge in [0.25, 0.3) is 5.56 Å². The zero-order chi connectivity index (χ0) is 23.3. The number of piperidine rings is 1. The monoisotopic (exact) mass is 447 g/mol. The second kappa shape index (κ2) is 8.06. The van der Waals surface area contributed by atoms with E-state index in [-0.39, 0.29) is 17.5 Å². The first-order valence-corrected chi connectivity index (χ1v) is 11.4. The van der Waals surface area contributed by atoms with Gasteiger partial charge in [-0.3, -0.25) is 14.3 Å². The Kier molecular flexibility index (Phi) is 5.19. The smallest absolute Gasteiger partial charge is 0.277 e. The van der Waals surface area contributed by atoms with E-state index in [1.807, 2.05) is 26.5 Å². The van der Waals surface area contributed by atoms with E-state index in [0.29, 0.717) is 30.0 Å². The van der Waals surface area contributed by atoms with Crippen molar-refractivity contribution < 1.29 is 4.79 Å². The van der Waals surface area contributed by atoms with Gasteiger partial charge in [0.05, 0.1) is 23.7 Å². The Bertz CT molecular complexity index is 1340. The summed E-state index contributed by atoms with van der Waals surface area (Å²) in [5.41, 5.74) is 4.86. The molecule has 0 spiro atoms. The number of pyridine rings is 1. The van der Waals surface area contributed by atoms with Crippen molar-refractivity contribution in [2.24, 2.45) is 20.0 Å². The number of allylic oxidation sites excluding steroid dienone is 2. The standard InChI is InChI=1S/C24H29N7O2/c1-5-20(32)30-10-6-7-16(11-30)31-13-19(22-23(24(31)33)28(3)14-25-22)26-18-12-29(4)27-21(18)17-9-8-15(17)2/h5,9,12-16,26H,1,6-8,10-11H2,2-4H3. The van der Waals surface area contributed by atoms with Crippen molar-refractivity contribution in [1.82, 2.24) is 28.8 Å². The summed E-state index contributed by atoms with van der Waals surface area (Å²) in [6, 6.07) is -0.113. The highest BCUT2D eigenvalue weighted by molar-refractivity contribution is 5.91. The van der Waals surface area contributed by atoms with Crippen LogP contribution in [-0.2, 0) is 18.9 Å². The summed E-state index contributed by atoms with van der Waals surface area (Å²) < 4.78 is 5.32. The molecule has 0 radical (unpaired) electrons. The van der Waals surface area contributed by atoms with Gasteiger partial charge in [-0.1, -0.05) is 19.6 Å². The third-order valence-electron chi connectivity index (χ3n) is 6.77. The summed E-state index contributed by atoms with van der Waals surface area (Å²) in [5, 5.41) is 8.19. The Morgan fingerprint density at radius 2 is 2.09 bits per heavy atom. The van der Waals surface area contributed by atoms with Gasteiger partial charge >= 0.3 is 0 Å². The molecule has 3 aromatic heterocycles. The van der Waals surface area contributed by atoms with Gasteiger partial charge in [0.2, 0.25) is 5.91 Å². The number of amides is 1.